The van der Waals surface area contributed by atoms with E-state index >= 15 is 0 Å². The van der Waals surface area contributed by atoms with E-state index in [0.29, 0.717) is 12.5 Å². The summed E-state index contributed by atoms with van der Waals surface area (Å²) in [5.41, 5.74) is -0.527. The van der Waals surface area contributed by atoms with Gasteiger partial charge in [0, 0.05) is 13.1 Å². The van der Waals surface area contributed by atoms with Gasteiger partial charge in [-0.2, -0.15) is 5.10 Å². The number of aromatic nitrogens is 3. The maximum atomic E-state index is 12.2. The van der Waals surface area contributed by atoms with Crippen LogP contribution in [0.3, 0.4) is 0 Å². The number of hydrogen-bond donors (Lipinski definition) is 3. The number of amides is 1. The first-order chi connectivity index (χ1) is 13.6. The average molecular weight is 408 g/mol. The van der Waals surface area contributed by atoms with Crippen molar-refractivity contribution in [3.8, 4) is 0 Å². The Labute approximate surface area is 174 Å². The number of nitrogens with zero attached hydrogens (tertiary/aromatic N) is 4. The Hall–Kier alpha value is -2.32. The molecule has 2 heterocycles. The van der Waals surface area contributed by atoms with E-state index < -0.39 is 11.7 Å². The molecule has 0 aliphatic carbocycles. The highest BCUT2D eigenvalue weighted by Crippen LogP contribution is 2.22. The summed E-state index contributed by atoms with van der Waals surface area (Å²) in [5, 5.41) is 14.2. The Bertz CT molecular complexity index is 706. The summed E-state index contributed by atoms with van der Waals surface area (Å²) in [4.78, 5) is 21.5. The number of hydrogen-bond acceptors (Lipinski definition) is 5. The second-order valence-corrected chi connectivity index (χ2v) is 8.80. The van der Waals surface area contributed by atoms with Crippen molar-refractivity contribution in [1.29, 1.82) is 0 Å². The van der Waals surface area contributed by atoms with Crippen molar-refractivity contribution in [1.82, 2.24) is 30.7 Å². The van der Waals surface area contributed by atoms with Crippen LogP contribution in [0.15, 0.2) is 4.99 Å². The van der Waals surface area contributed by atoms with Crippen molar-refractivity contribution in [2.75, 3.05) is 13.1 Å². The van der Waals surface area contributed by atoms with Crippen molar-refractivity contribution >= 4 is 12.1 Å². The van der Waals surface area contributed by atoms with E-state index in [1.165, 1.54) is 0 Å². The van der Waals surface area contributed by atoms with Crippen molar-refractivity contribution < 1.29 is 9.53 Å². The second kappa shape index (κ2) is 9.93. The molecule has 0 saturated heterocycles. The summed E-state index contributed by atoms with van der Waals surface area (Å²) in [5.74, 6) is 2.67. The fourth-order valence-electron chi connectivity index (χ4n) is 3.16. The number of ether oxygens (including phenoxy) is 1. The number of guanidine groups is 1. The Morgan fingerprint density at radius 1 is 1.38 bits per heavy atom. The minimum Gasteiger partial charge on any atom is -0.444 e. The minimum atomic E-state index is -0.527. The standard InChI is InChI=1S/C20H37N7O2/c1-8-21-18(24-15-10-9-11-27-17(15)23-14(4)26-27)22-12-16(13(2)3)25-19(28)29-20(5,6)7/h13,15-16H,8-12H2,1-7H3,(H,25,28)(H2,21,22,24). The Kier molecular flexibility index (Phi) is 7.87. The zero-order valence-corrected chi connectivity index (χ0v) is 18.9. The molecule has 0 saturated carbocycles. The summed E-state index contributed by atoms with van der Waals surface area (Å²) in [6.07, 6.45) is 1.61. The quantitative estimate of drug-likeness (QED) is 0.494. The zero-order chi connectivity index (χ0) is 21.6. The molecule has 1 amide bonds. The van der Waals surface area contributed by atoms with Crippen LogP contribution in [-0.4, -0.2) is 51.5 Å². The molecule has 1 aromatic rings. The van der Waals surface area contributed by atoms with E-state index in [4.69, 9.17) is 9.73 Å². The van der Waals surface area contributed by atoms with Gasteiger partial charge in [-0.3, -0.25) is 4.99 Å². The predicted molar refractivity (Wildman–Crippen MR) is 114 cm³/mol. The van der Waals surface area contributed by atoms with Gasteiger partial charge in [-0.25, -0.2) is 14.5 Å². The van der Waals surface area contributed by atoms with Crippen molar-refractivity contribution in [2.45, 2.75) is 85.5 Å². The van der Waals surface area contributed by atoms with E-state index in [9.17, 15) is 4.79 Å². The van der Waals surface area contributed by atoms with Crippen LogP contribution in [0.1, 0.15) is 72.1 Å². The van der Waals surface area contributed by atoms with Crippen LogP contribution >= 0.6 is 0 Å². The van der Waals surface area contributed by atoms with Gasteiger partial charge >= 0.3 is 6.09 Å². The summed E-state index contributed by atoms with van der Waals surface area (Å²) in [6, 6.07) is -0.0587. The fraction of sp³-hybridized carbons (Fsp3) is 0.800. The lowest BCUT2D eigenvalue weighted by Gasteiger charge is -2.26. The van der Waals surface area contributed by atoms with Gasteiger partial charge in [0.25, 0.3) is 0 Å². The maximum Gasteiger partial charge on any atom is 0.407 e. The van der Waals surface area contributed by atoms with Crippen LogP contribution in [0.25, 0.3) is 0 Å². The Morgan fingerprint density at radius 3 is 2.72 bits per heavy atom. The molecular weight excluding hydrogens is 370 g/mol. The average Bonchev–Trinajstić information content (AvgIpc) is 2.98. The van der Waals surface area contributed by atoms with Crippen LogP contribution < -0.4 is 16.0 Å². The van der Waals surface area contributed by atoms with Gasteiger partial charge in [0.1, 0.15) is 17.2 Å². The molecule has 0 spiro atoms. The molecule has 164 valence electrons. The van der Waals surface area contributed by atoms with E-state index in [1.807, 2.05) is 39.3 Å². The highest BCUT2D eigenvalue weighted by molar-refractivity contribution is 5.80. The topological polar surface area (TPSA) is 105 Å². The van der Waals surface area contributed by atoms with Crippen LogP contribution in [0.4, 0.5) is 4.79 Å². The minimum absolute atomic E-state index is 0.0686. The van der Waals surface area contributed by atoms with Crippen molar-refractivity contribution in [2.24, 2.45) is 10.9 Å². The molecule has 0 bridgehead atoms. The number of fused-ring (bicyclic) bond motifs is 1. The lowest BCUT2D eigenvalue weighted by molar-refractivity contribution is 0.0493. The van der Waals surface area contributed by atoms with E-state index in [0.717, 1.165) is 37.6 Å². The summed E-state index contributed by atoms with van der Waals surface area (Å²) < 4.78 is 7.36. The van der Waals surface area contributed by atoms with E-state index in [1.54, 1.807) is 0 Å². The number of rotatable bonds is 6. The molecule has 2 atom stereocenters. The number of alkyl carbamates (subject to hydrolysis) is 1. The fourth-order valence-corrected chi connectivity index (χ4v) is 3.16. The monoisotopic (exact) mass is 407 g/mol. The van der Waals surface area contributed by atoms with Gasteiger partial charge in [-0.05, 0) is 53.4 Å². The molecule has 9 nitrogen and oxygen atoms in total. The van der Waals surface area contributed by atoms with Crippen LogP contribution in [-0.2, 0) is 11.3 Å². The highest BCUT2D eigenvalue weighted by atomic mass is 16.6. The number of nitrogens with one attached hydrogen (secondary N) is 3. The number of carbonyl (C=O) groups excluding carboxylic acids is 1. The molecule has 0 fully saturated rings. The SMILES string of the molecule is CCNC(=NCC(NC(=O)OC(C)(C)C)C(C)C)NC1CCCn2nc(C)nc21. The summed E-state index contributed by atoms with van der Waals surface area (Å²) in [7, 11) is 0. The molecule has 2 rings (SSSR count). The summed E-state index contributed by atoms with van der Waals surface area (Å²) in [6.45, 7) is 15.7. The maximum absolute atomic E-state index is 12.2. The Morgan fingerprint density at radius 2 is 2.10 bits per heavy atom. The first kappa shape index (κ1) is 23.0. The third-order valence-corrected chi connectivity index (χ3v) is 4.59. The lowest BCUT2D eigenvalue weighted by Crippen LogP contribution is -2.45. The number of aryl methyl sites for hydroxylation is 2. The number of carbonyl (C=O) groups is 1. The molecular formula is C20H37N7O2. The second-order valence-electron chi connectivity index (χ2n) is 8.80. The van der Waals surface area contributed by atoms with E-state index in [2.05, 4.69) is 39.9 Å². The molecule has 2 unspecified atom stereocenters. The normalized spacial score (nSPS) is 18.2. The van der Waals surface area contributed by atoms with E-state index in [-0.39, 0.29) is 18.0 Å². The van der Waals surface area contributed by atoms with Crippen molar-refractivity contribution in [3.63, 3.8) is 0 Å². The van der Waals surface area contributed by atoms with Crippen LogP contribution in [0.5, 0.6) is 0 Å². The molecule has 1 aliphatic heterocycles. The lowest BCUT2D eigenvalue weighted by atomic mass is 10.1. The third-order valence-electron chi connectivity index (χ3n) is 4.59. The van der Waals surface area contributed by atoms with Gasteiger partial charge in [0.15, 0.2) is 5.96 Å². The van der Waals surface area contributed by atoms with Gasteiger partial charge in [0.05, 0.1) is 18.6 Å². The largest absolute Gasteiger partial charge is 0.444 e. The molecule has 1 aromatic heterocycles. The molecule has 1 aliphatic rings. The van der Waals surface area contributed by atoms with Gasteiger partial charge in [0.2, 0.25) is 0 Å². The molecule has 29 heavy (non-hydrogen) atoms. The van der Waals surface area contributed by atoms with Gasteiger partial charge < -0.3 is 20.7 Å². The number of aliphatic imine (C=N–C) groups is 1. The molecule has 9 heteroatoms. The van der Waals surface area contributed by atoms with Crippen LogP contribution in [0.2, 0.25) is 0 Å². The first-order valence-electron chi connectivity index (χ1n) is 10.5. The Balaban J connectivity index is 2.05. The molecule has 0 aromatic carbocycles. The first-order valence-corrected chi connectivity index (χ1v) is 10.5. The van der Waals surface area contributed by atoms with Gasteiger partial charge in [-0.1, -0.05) is 13.8 Å². The zero-order valence-electron chi connectivity index (χ0n) is 18.9. The van der Waals surface area contributed by atoms with Crippen molar-refractivity contribution in [3.05, 3.63) is 11.6 Å². The van der Waals surface area contributed by atoms with Crippen LogP contribution in [0, 0.1) is 12.8 Å². The molecule has 0 radical (unpaired) electrons. The summed E-state index contributed by atoms with van der Waals surface area (Å²) >= 11 is 0. The predicted octanol–water partition coefficient (Wildman–Crippen LogP) is 2.53. The van der Waals surface area contributed by atoms with Gasteiger partial charge in [-0.15, -0.1) is 0 Å². The highest BCUT2D eigenvalue weighted by Gasteiger charge is 2.25. The molecule has 3 N–H and O–H groups in total. The smallest absolute Gasteiger partial charge is 0.407 e. The third kappa shape index (κ3) is 7.21.